The van der Waals surface area contributed by atoms with E-state index >= 15 is 0 Å². The molecule has 0 bridgehead atoms. The van der Waals surface area contributed by atoms with E-state index in [1.165, 1.54) is 11.8 Å². The molecule has 2 aromatic heterocycles. The summed E-state index contributed by atoms with van der Waals surface area (Å²) in [7, 11) is -2.06. The first-order chi connectivity index (χ1) is 16.4. The van der Waals surface area contributed by atoms with E-state index in [1.807, 2.05) is 12.1 Å². The summed E-state index contributed by atoms with van der Waals surface area (Å²) < 4.78 is 34.8. The van der Waals surface area contributed by atoms with Gasteiger partial charge in [-0.05, 0) is 80.3 Å². The monoisotopic (exact) mass is 482 g/mol. The summed E-state index contributed by atoms with van der Waals surface area (Å²) >= 11 is 0. The molecule has 1 aromatic carbocycles. The minimum Gasteiger partial charge on any atom is -0.497 e. The number of benzene rings is 1. The van der Waals surface area contributed by atoms with Crippen molar-refractivity contribution in [3.05, 3.63) is 59.5 Å². The molecule has 5 rings (SSSR count). The first-order valence-corrected chi connectivity index (χ1v) is 13.1. The molecular weight excluding hydrogens is 452 g/mol. The molecule has 1 atom stereocenters. The van der Waals surface area contributed by atoms with Crippen LogP contribution < -0.4 is 14.8 Å². The number of anilines is 1. The van der Waals surface area contributed by atoms with Gasteiger partial charge in [-0.2, -0.15) is 15.0 Å². The van der Waals surface area contributed by atoms with Crippen LogP contribution in [-0.4, -0.2) is 48.1 Å². The van der Waals surface area contributed by atoms with Gasteiger partial charge in [-0.1, -0.05) is 6.07 Å². The number of aryl methyl sites for hydroxylation is 2. The van der Waals surface area contributed by atoms with Gasteiger partial charge in [0.15, 0.2) is 0 Å². The molecule has 2 heterocycles. The normalized spacial score (nSPS) is 19.2. The molecule has 1 fully saturated rings. The highest BCUT2D eigenvalue weighted by Crippen LogP contribution is 2.42. The quantitative estimate of drug-likeness (QED) is 0.475. The average Bonchev–Trinajstić information content (AvgIpc) is 3.46. The van der Waals surface area contributed by atoms with Crippen LogP contribution in [0.5, 0.6) is 5.75 Å². The van der Waals surface area contributed by atoms with E-state index in [0.29, 0.717) is 24.3 Å². The Morgan fingerprint density at radius 1 is 1.18 bits per heavy atom. The molecule has 10 heteroatoms. The minimum atomic E-state index is -3.70. The topological polar surface area (TPSA) is 111 Å². The van der Waals surface area contributed by atoms with Crippen LogP contribution in [0.15, 0.2) is 47.8 Å². The average molecular weight is 483 g/mol. The van der Waals surface area contributed by atoms with Crippen LogP contribution in [0.25, 0.3) is 0 Å². The molecule has 3 aromatic rings. The van der Waals surface area contributed by atoms with Gasteiger partial charge in [-0.3, -0.25) is 0 Å². The van der Waals surface area contributed by atoms with Crippen LogP contribution in [-0.2, 0) is 28.4 Å². The highest BCUT2D eigenvalue weighted by atomic mass is 32.2. The number of nitrogens with one attached hydrogen (secondary N) is 2. The van der Waals surface area contributed by atoms with Gasteiger partial charge in [0, 0.05) is 18.8 Å². The predicted octanol–water partition coefficient (Wildman–Crippen LogP) is 2.82. The molecule has 2 N–H and O–H groups in total. The number of nitrogens with zero attached hydrogens (tertiary/aromatic N) is 4. The smallest absolute Gasteiger partial charge is 0.242 e. The number of fused-ring (bicyclic) bond motifs is 1. The van der Waals surface area contributed by atoms with Crippen molar-refractivity contribution in [1.82, 2.24) is 24.7 Å². The lowest BCUT2D eigenvalue weighted by atomic mass is 10.0. The Balaban J connectivity index is 1.27. The molecule has 180 valence electrons. The Hall–Kier alpha value is -2.98. The highest BCUT2D eigenvalue weighted by molar-refractivity contribution is 7.89. The Labute approximate surface area is 200 Å². The molecule has 2 aliphatic rings. The van der Waals surface area contributed by atoms with Crippen LogP contribution >= 0.6 is 0 Å². The summed E-state index contributed by atoms with van der Waals surface area (Å²) in [5.41, 5.74) is 2.93. The lowest BCUT2D eigenvalue weighted by Gasteiger charge is -2.19. The van der Waals surface area contributed by atoms with Gasteiger partial charge in [0.25, 0.3) is 0 Å². The predicted molar refractivity (Wildman–Crippen MR) is 128 cm³/mol. The van der Waals surface area contributed by atoms with Crippen molar-refractivity contribution in [1.29, 1.82) is 0 Å². The number of ether oxygens (including phenoxy) is 1. The van der Waals surface area contributed by atoms with Gasteiger partial charge >= 0.3 is 0 Å². The molecule has 0 saturated heterocycles. The fourth-order valence-electron chi connectivity index (χ4n) is 4.68. The van der Waals surface area contributed by atoms with E-state index < -0.39 is 10.0 Å². The zero-order valence-electron chi connectivity index (χ0n) is 19.5. The number of methoxy groups -OCH3 is 1. The lowest BCUT2D eigenvalue weighted by Crippen LogP contribution is -2.36. The SMILES string of the molecule is COc1ccc2c(c1)CC(NS(=O)(=O)c1cnc(NCC3(n4nccn4)CC3)cc1C)CCC2. The third-order valence-electron chi connectivity index (χ3n) is 6.82. The standard InChI is InChI=1S/C24H30N6O3S/c1-17-12-23(26-16-24(8-9-24)30-27-10-11-28-30)25-15-22(17)34(31,32)29-20-5-3-4-18-6-7-21(33-2)14-19(18)13-20/h6-7,10-12,14-15,20,29H,3-5,8-9,13,16H2,1-2H3,(H,25,26). The van der Waals surface area contributed by atoms with Crippen molar-refractivity contribution in [3.63, 3.8) is 0 Å². The molecule has 0 amide bonds. The molecule has 1 unspecified atom stereocenters. The number of hydrogen-bond acceptors (Lipinski definition) is 7. The van der Waals surface area contributed by atoms with Crippen LogP contribution in [0.4, 0.5) is 5.82 Å². The summed E-state index contributed by atoms with van der Waals surface area (Å²) in [5.74, 6) is 1.44. The second-order valence-corrected chi connectivity index (χ2v) is 11.0. The van der Waals surface area contributed by atoms with E-state index in [9.17, 15) is 8.42 Å². The molecule has 34 heavy (non-hydrogen) atoms. The third kappa shape index (κ3) is 4.65. The Morgan fingerprint density at radius 3 is 2.68 bits per heavy atom. The maximum Gasteiger partial charge on any atom is 0.242 e. The molecular formula is C24H30N6O3S. The number of pyridine rings is 1. The van der Waals surface area contributed by atoms with E-state index in [0.717, 1.165) is 43.4 Å². The second-order valence-electron chi connectivity index (χ2n) is 9.28. The van der Waals surface area contributed by atoms with Crippen LogP contribution in [0, 0.1) is 6.92 Å². The van der Waals surface area contributed by atoms with Crippen molar-refractivity contribution in [3.8, 4) is 5.75 Å². The van der Waals surface area contributed by atoms with Crippen LogP contribution in [0.3, 0.4) is 0 Å². The molecule has 0 radical (unpaired) electrons. The van der Waals surface area contributed by atoms with Crippen molar-refractivity contribution < 1.29 is 13.2 Å². The maximum absolute atomic E-state index is 13.2. The first-order valence-electron chi connectivity index (χ1n) is 11.6. The van der Waals surface area contributed by atoms with E-state index in [4.69, 9.17) is 4.74 Å². The molecule has 0 aliphatic heterocycles. The van der Waals surface area contributed by atoms with Gasteiger partial charge in [0.05, 0.1) is 25.0 Å². The zero-order valence-corrected chi connectivity index (χ0v) is 20.3. The van der Waals surface area contributed by atoms with Gasteiger partial charge < -0.3 is 10.1 Å². The number of aromatic nitrogens is 4. The van der Waals surface area contributed by atoms with Crippen LogP contribution in [0.1, 0.15) is 42.4 Å². The summed E-state index contributed by atoms with van der Waals surface area (Å²) in [6.07, 6.45) is 10.1. The zero-order chi connectivity index (χ0) is 23.8. The van der Waals surface area contributed by atoms with Crippen molar-refractivity contribution in [2.75, 3.05) is 19.0 Å². The van der Waals surface area contributed by atoms with E-state index in [-0.39, 0.29) is 16.5 Å². The molecule has 2 aliphatic carbocycles. The lowest BCUT2D eigenvalue weighted by molar-refractivity contribution is 0.398. The fourth-order valence-corrected chi connectivity index (χ4v) is 6.12. The highest BCUT2D eigenvalue weighted by Gasteiger charge is 2.46. The van der Waals surface area contributed by atoms with Crippen molar-refractivity contribution in [2.24, 2.45) is 0 Å². The van der Waals surface area contributed by atoms with Gasteiger partial charge in [0.1, 0.15) is 16.5 Å². The Morgan fingerprint density at radius 2 is 1.97 bits per heavy atom. The number of sulfonamides is 1. The largest absolute Gasteiger partial charge is 0.497 e. The third-order valence-corrected chi connectivity index (χ3v) is 8.47. The van der Waals surface area contributed by atoms with E-state index in [1.54, 1.807) is 37.3 Å². The summed E-state index contributed by atoms with van der Waals surface area (Å²) in [4.78, 5) is 6.35. The van der Waals surface area contributed by atoms with Gasteiger partial charge in [-0.25, -0.2) is 18.1 Å². The molecule has 0 spiro atoms. The van der Waals surface area contributed by atoms with Crippen molar-refractivity contribution >= 4 is 15.8 Å². The fraction of sp³-hybridized carbons (Fsp3) is 0.458. The van der Waals surface area contributed by atoms with Gasteiger partial charge in [-0.15, -0.1) is 0 Å². The summed E-state index contributed by atoms with van der Waals surface area (Å²) in [6, 6.07) is 7.67. The number of rotatable bonds is 8. The number of hydrogen-bond donors (Lipinski definition) is 2. The molecule has 1 saturated carbocycles. The maximum atomic E-state index is 13.2. The first kappa shape index (κ1) is 22.8. The van der Waals surface area contributed by atoms with Gasteiger partial charge in [0.2, 0.25) is 10.0 Å². The minimum absolute atomic E-state index is 0.121. The van der Waals surface area contributed by atoms with Crippen molar-refractivity contribution in [2.45, 2.75) is 61.9 Å². The molecule has 9 nitrogen and oxygen atoms in total. The van der Waals surface area contributed by atoms with Crippen LogP contribution in [0.2, 0.25) is 0 Å². The summed E-state index contributed by atoms with van der Waals surface area (Å²) in [6.45, 7) is 2.44. The van der Waals surface area contributed by atoms with E-state index in [2.05, 4.69) is 31.3 Å². The Bertz CT molecular complexity index is 1270. The summed E-state index contributed by atoms with van der Waals surface area (Å²) in [5, 5.41) is 11.9. The second kappa shape index (κ2) is 8.99. The Kier molecular flexibility index (Phi) is 6.03.